The Bertz CT molecular complexity index is 445. The first-order chi connectivity index (χ1) is 7.82. The third kappa shape index (κ3) is 2.20. The number of hydrogen-bond donors (Lipinski definition) is 2. The Labute approximate surface area is 97.2 Å². The lowest BCUT2D eigenvalue weighted by Gasteiger charge is -2.28. The predicted molar refractivity (Wildman–Crippen MR) is 56.2 cm³/mol. The van der Waals surface area contributed by atoms with Gasteiger partial charge >= 0.3 is 17.9 Å². The van der Waals surface area contributed by atoms with E-state index in [2.05, 4.69) is 4.74 Å². The highest BCUT2D eigenvalue weighted by molar-refractivity contribution is 6.00. The third-order valence-corrected chi connectivity index (χ3v) is 2.74. The topological polar surface area (TPSA) is 101 Å². The van der Waals surface area contributed by atoms with Crippen molar-refractivity contribution >= 4 is 17.9 Å². The molecule has 0 fully saturated rings. The average molecular weight is 240 g/mol. The summed E-state index contributed by atoms with van der Waals surface area (Å²) in [4.78, 5) is 33.4. The summed E-state index contributed by atoms with van der Waals surface area (Å²) in [6, 6.07) is 0. The lowest BCUT2D eigenvalue weighted by molar-refractivity contribution is -0.150. The Balaban J connectivity index is 3.27. The summed E-state index contributed by atoms with van der Waals surface area (Å²) in [5.41, 5.74) is -1.68. The molecule has 0 bridgehead atoms. The van der Waals surface area contributed by atoms with Crippen LogP contribution in [0.2, 0.25) is 0 Å². The van der Waals surface area contributed by atoms with Gasteiger partial charge in [-0.05, 0) is 13.3 Å². The van der Waals surface area contributed by atoms with E-state index in [0.29, 0.717) is 0 Å². The van der Waals surface area contributed by atoms with Gasteiger partial charge in [-0.1, -0.05) is 12.2 Å². The number of methoxy groups -OCH3 is 1. The molecule has 17 heavy (non-hydrogen) atoms. The molecule has 6 heteroatoms. The molecular formula is C11H12O6. The maximum Gasteiger partial charge on any atom is 0.334 e. The molecule has 0 aromatic carbocycles. The fraction of sp³-hybridized carbons (Fsp3) is 0.364. The quantitative estimate of drug-likeness (QED) is 0.700. The minimum absolute atomic E-state index is 0.0532. The van der Waals surface area contributed by atoms with Crippen LogP contribution in [0.15, 0.2) is 23.3 Å². The molecule has 1 atom stereocenters. The molecule has 0 saturated heterocycles. The molecule has 0 radical (unpaired) electrons. The second-order valence-corrected chi connectivity index (χ2v) is 3.88. The van der Waals surface area contributed by atoms with Gasteiger partial charge in [0.1, 0.15) is 5.41 Å². The van der Waals surface area contributed by atoms with Crippen molar-refractivity contribution in [3.05, 3.63) is 23.3 Å². The van der Waals surface area contributed by atoms with Gasteiger partial charge in [0.05, 0.1) is 12.7 Å². The van der Waals surface area contributed by atoms with Crippen LogP contribution >= 0.6 is 0 Å². The summed E-state index contributed by atoms with van der Waals surface area (Å²) in [5, 5.41) is 18.0. The van der Waals surface area contributed by atoms with Crippen LogP contribution in [0.5, 0.6) is 0 Å². The van der Waals surface area contributed by atoms with E-state index in [9.17, 15) is 14.4 Å². The first-order valence-corrected chi connectivity index (χ1v) is 4.79. The summed E-state index contributed by atoms with van der Waals surface area (Å²) in [6.45, 7) is 1.30. The fourth-order valence-corrected chi connectivity index (χ4v) is 1.64. The Kier molecular flexibility index (Phi) is 3.36. The number of carbonyl (C=O) groups is 3. The molecule has 0 aromatic rings. The molecule has 1 rings (SSSR count). The van der Waals surface area contributed by atoms with Gasteiger partial charge in [0.25, 0.3) is 0 Å². The third-order valence-electron chi connectivity index (χ3n) is 2.74. The van der Waals surface area contributed by atoms with E-state index in [1.807, 2.05) is 0 Å². The highest BCUT2D eigenvalue weighted by Gasteiger charge is 2.44. The lowest BCUT2D eigenvalue weighted by atomic mass is 9.73. The number of hydrogen-bond acceptors (Lipinski definition) is 4. The molecule has 6 nitrogen and oxygen atoms in total. The second-order valence-electron chi connectivity index (χ2n) is 3.88. The van der Waals surface area contributed by atoms with Crippen molar-refractivity contribution in [2.45, 2.75) is 13.3 Å². The lowest BCUT2D eigenvalue weighted by Crippen LogP contribution is -2.36. The van der Waals surface area contributed by atoms with Crippen molar-refractivity contribution in [1.82, 2.24) is 0 Å². The summed E-state index contributed by atoms with van der Waals surface area (Å²) in [6.07, 6.45) is 2.16. The number of carboxylic acid groups (broad SMARTS) is 2. The smallest absolute Gasteiger partial charge is 0.334 e. The van der Waals surface area contributed by atoms with Crippen LogP contribution in [-0.2, 0) is 19.1 Å². The van der Waals surface area contributed by atoms with Gasteiger partial charge in [-0.3, -0.25) is 4.79 Å². The molecule has 1 aliphatic carbocycles. The SMILES string of the molecule is COC(=O)C1=CC=C(C(=O)O)CC1(C)C(=O)O. The summed E-state index contributed by atoms with van der Waals surface area (Å²) in [7, 11) is 1.14. The van der Waals surface area contributed by atoms with Crippen LogP contribution in [0.4, 0.5) is 0 Å². The Morgan fingerprint density at radius 2 is 1.88 bits per heavy atom. The van der Waals surface area contributed by atoms with Gasteiger partial charge in [0.15, 0.2) is 0 Å². The molecule has 1 unspecified atom stereocenters. The number of carboxylic acids is 2. The fourth-order valence-electron chi connectivity index (χ4n) is 1.64. The molecule has 0 spiro atoms. The van der Waals surface area contributed by atoms with Crippen molar-refractivity contribution in [3.8, 4) is 0 Å². The number of allylic oxidation sites excluding steroid dienone is 2. The zero-order chi connectivity index (χ0) is 13.2. The van der Waals surface area contributed by atoms with E-state index >= 15 is 0 Å². The summed E-state index contributed by atoms with van der Waals surface area (Å²) in [5.74, 6) is -3.23. The van der Waals surface area contributed by atoms with E-state index in [1.54, 1.807) is 0 Å². The van der Waals surface area contributed by atoms with E-state index in [0.717, 1.165) is 7.11 Å². The van der Waals surface area contributed by atoms with Crippen molar-refractivity contribution in [1.29, 1.82) is 0 Å². The van der Waals surface area contributed by atoms with E-state index in [1.165, 1.54) is 19.1 Å². The molecule has 0 heterocycles. The van der Waals surface area contributed by atoms with Gasteiger partial charge in [-0.25, -0.2) is 9.59 Å². The van der Waals surface area contributed by atoms with Crippen molar-refractivity contribution < 1.29 is 29.3 Å². The minimum atomic E-state index is -1.57. The maximum atomic E-state index is 11.4. The zero-order valence-electron chi connectivity index (χ0n) is 9.39. The molecule has 2 N–H and O–H groups in total. The van der Waals surface area contributed by atoms with Crippen molar-refractivity contribution in [3.63, 3.8) is 0 Å². The number of ether oxygens (including phenoxy) is 1. The monoisotopic (exact) mass is 240 g/mol. The molecule has 0 aromatic heterocycles. The average Bonchev–Trinajstić information content (AvgIpc) is 2.27. The van der Waals surface area contributed by atoms with Crippen molar-refractivity contribution in [2.24, 2.45) is 5.41 Å². The van der Waals surface area contributed by atoms with Crippen LogP contribution < -0.4 is 0 Å². The molecular weight excluding hydrogens is 228 g/mol. The van der Waals surface area contributed by atoms with Gasteiger partial charge < -0.3 is 14.9 Å². The molecule has 92 valence electrons. The summed E-state index contributed by atoms with van der Waals surface area (Å²) >= 11 is 0. The number of rotatable bonds is 3. The van der Waals surface area contributed by atoms with Crippen LogP contribution in [-0.4, -0.2) is 35.2 Å². The van der Waals surface area contributed by atoms with E-state index in [4.69, 9.17) is 10.2 Å². The molecule has 0 aliphatic heterocycles. The van der Waals surface area contributed by atoms with Crippen LogP contribution in [0, 0.1) is 5.41 Å². The number of aliphatic carboxylic acids is 2. The van der Waals surface area contributed by atoms with Gasteiger partial charge in [0.2, 0.25) is 0 Å². The van der Waals surface area contributed by atoms with Gasteiger partial charge in [0, 0.05) is 5.57 Å². The number of esters is 1. The van der Waals surface area contributed by atoms with Crippen LogP contribution in [0.3, 0.4) is 0 Å². The highest BCUT2D eigenvalue weighted by Crippen LogP contribution is 2.38. The second kappa shape index (κ2) is 4.40. The molecule has 1 aliphatic rings. The normalized spacial score (nSPS) is 23.4. The largest absolute Gasteiger partial charge is 0.481 e. The summed E-state index contributed by atoms with van der Waals surface area (Å²) < 4.78 is 4.48. The predicted octanol–water partition coefficient (Wildman–Crippen LogP) is 0.591. The van der Waals surface area contributed by atoms with Gasteiger partial charge in [-0.15, -0.1) is 0 Å². The first-order valence-electron chi connectivity index (χ1n) is 4.79. The zero-order valence-corrected chi connectivity index (χ0v) is 9.39. The Morgan fingerprint density at radius 3 is 2.29 bits per heavy atom. The Morgan fingerprint density at radius 1 is 1.29 bits per heavy atom. The maximum absolute atomic E-state index is 11.4. The van der Waals surface area contributed by atoms with Crippen LogP contribution in [0.25, 0.3) is 0 Å². The number of carbonyl (C=O) groups excluding carboxylic acids is 1. The molecule has 0 amide bonds. The highest BCUT2D eigenvalue weighted by atomic mass is 16.5. The van der Waals surface area contributed by atoms with Crippen molar-refractivity contribution in [2.75, 3.05) is 7.11 Å². The first kappa shape index (κ1) is 13.0. The van der Waals surface area contributed by atoms with Gasteiger partial charge in [-0.2, -0.15) is 0 Å². The Hall–Kier alpha value is -2.11. The van der Waals surface area contributed by atoms with Crippen LogP contribution in [0.1, 0.15) is 13.3 Å². The van der Waals surface area contributed by atoms with E-state index in [-0.39, 0.29) is 17.6 Å². The van der Waals surface area contributed by atoms with E-state index < -0.39 is 23.3 Å². The molecule has 0 saturated carbocycles. The minimum Gasteiger partial charge on any atom is -0.481 e. The standard InChI is InChI=1S/C11H12O6/c1-11(10(15)16)5-6(8(12)13)3-4-7(11)9(14)17-2/h3-4H,5H2,1-2H3,(H,12,13)(H,15,16).